The normalized spacial score (nSPS) is 27.4. The van der Waals surface area contributed by atoms with Crippen molar-refractivity contribution in [1.82, 2.24) is 0 Å². The molecule has 6 heteroatoms. The SMILES string of the molecule is OC1(Cc2ccccc2)CCC2(CCN(c3ccc(OC(F)(F)F)cc3)C2)CC1. The lowest BCUT2D eigenvalue weighted by atomic mass is 9.67. The fourth-order valence-electron chi connectivity index (χ4n) is 4.82. The van der Waals surface area contributed by atoms with Crippen LogP contribution in [0.2, 0.25) is 0 Å². The van der Waals surface area contributed by atoms with Gasteiger partial charge in [0.05, 0.1) is 5.60 Å². The zero-order valence-electron chi connectivity index (χ0n) is 16.3. The molecule has 3 nitrogen and oxygen atoms in total. The summed E-state index contributed by atoms with van der Waals surface area (Å²) < 4.78 is 40.9. The van der Waals surface area contributed by atoms with Crippen LogP contribution in [0.1, 0.15) is 37.7 Å². The molecule has 0 aromatic heterocycles. The first-order valence-electron chi connectivity index (χ1n) is 10.1. The fraction of sp³-hybridized carbons (Fsp3) is 0.478. The van der Waals surface area contributed by atoms with Crippen LogP contribution < -0.4 is 9.64 Å². The molecule has 1 saturated carbocycles. The zero-order chi connectivity index (χ0) is 20.5. The predicted octanol–water partition coefficient (Wildman–Crippen LogP) is 5.33. The third kappa shape index (κ3) is 4.86. The molecule has 2 aromatic rings. The van der Waals surface area contributed by atoms with Crippen LogP contribution in [0.25, 0.3) is 0 Å². The second-order valence-electron chi connectivity index (χ2n) is 8.60. The van der Waals surface area contributed by atoms with Crippen LogP contribution in [0, 0.1) is 5.41 Å². The highest BCUT2D eigenvalue weighted by Gasteiger charge is 2.45. The molecule has 0 atom stereocenters. The maximum Gasteiger partial charge on any atom is 0.573 e. The topological polar surface area (TPSA) is 32.7 Å². The number of alkyl halides is 3. The molecular formula is C23H26F3NO2. The van der Waals surface area contributed by atoms with Gasteiger partial charge < -0.3 is 14.7 Å². The van der Waals surface area contributed by atoms with Crippen molar-refractivity contribution in [2.24, 2.45) is 5.41 Å². The van der Waals surface area contributed by atoms with E-state index >= 15 is 0 Å². The largest absolute Gasteiger partial charge is 0.573 e. The molecule has 0 bridgehead atoms. The number of hydrogen-bond acceptors (Lipinski definition) is 3. The van der Waals surface area contributed by atoms with Gasteiger partial charge in [-0.1, -0.05) is 30.3 Å². The molecule has 1 N–H and O–H groups in total. The number of anilines is 1. The van der Waals surface area contributed by atoms with Gasteiger partial charge in [0.25, 0.3) is 0 Å². The van der Waals surface area contributed by atoms with Crippen LogP contribution in [-0.2, 0) is 6.42 Å². The number of benzene rings is 2. The maximum absolute atomic E-state index is 12.3. The minimum absolute atomic E-state index is 0.185. The van der Waals surface area contributed by atoms with Crippen molar-refractivity contribution < 1.29 is 23.0 Å². The molecule has 1 aliphatic carbocycles. The Labute approximate surface area is 169 Å². The maximum atomic E-state index is 12.3. The number of nitrogens with zero attached hydrogens (tertiary/aromatic N) is 1. The summed E-state index contributed by atoms with van der Waals surface area (Å²) in [7, 11) is 0. The monoisotopic (exact) mass is 405 g/mol. The van der Waals surface area contributed by atoms with Crippen molar-refractivity contribution in [2.75, 3.05) is 18.0 Å². The van der Waals surface area contributed by atoms with E-state index in [1.165, 1.54) is 17.7 Å². The highest BCUT2D eigenvalue weighted by atomic mass is 19.4. The summed E-state index contributed by atoms with van der Waals surface area (Å²) in [6.45, 7) is 1.77. The lowest BCUT2D eigenvalue weighted by molar-refractivity contribution is -0.274. The van der Waals surface area contributed by atoms with Gasteiger partial charge in [-0.05, 0) is 67.3 Å². The van der Waals surface area contributed by atoms with E-state index in [1.807, 2.05) is 18.2 Å². The highest BCUT2D eigenvalue weighted by Crippen LogP contribution is 2.48. The van der Waals surface area contributed by atoms with Gasteiger partial charge in [0, 0.05) is 25.2 Å². The Morgan fingerprint density at radius 2 is 1.55 bits per heavy atom. The lowest BCUT2D eigenvalue weighted by Crippen LogP contribution is -2.41. The first-order chi connectivity index (χ1) is 13.7. The quantitative estimate of drug-likeness (QED) is 0.746. The van der Waals surface area contributed by atoms with Crippen LogP contribution in [-0.4, -0.2) is 30.2 Å². The zero-order valence-corrected chi connectivity index (χ0v) is 16.3. The molecular weight excluding hydrogens is 379 g/mol. The van der Waals surface area contributed by atoms with E-state index < -0.39 is 12.0 Å². The van der Waals surface area contributed by atoms with Crippen LogP contribution in [0.3, 0.4) is 0 Å². The van der Waals surface area contributed by atoms with Gasteiger partial charge in [-0.2, -0.15) is 0 Å². The summed E-state index contributed by atoms with van der Waals surface area (Å²) in [5.74, 6) is -0.196. The average Bonchev–Trinajstić information content (AvgIpc) is 3.09. The Hall–Kier alpha value is -2.21. The fourth-order valence-corrected chi connectivity index (χ4v) is 4.82. The van der Waals surface area contributed by atoms with Gasteiger partial charge in [-0.15, -0.1) is 13.2 Å². The van der Waals surface area contributed by atoms with Gasteiger partial charge in [0.1, 0.15) is 5.75 Å². The number of hydrogen-bond donors (Lipinski definition) is 1. The Kier molecular flexibility index (Phi) is 5.23. The molecule has 1 saturated heterocycles. The van der Waals surface area contributed by atoms with E-state index in [1.54, 1.807) is 12.1 Å². The standard InChI is InChI=1S/C23H26F3NO2/c24-23(25,26)29-20-8-6-19(7-9-20)27-15-14-21(17-27)10-12-22(28,13-11-21)16-18-4-2-1-3-5-18/h1-9,28H,10-17H2. The summed E-state index contributed by atoms with van der Waals surface area (Å²) >= 11 is 0. The Bertz CT molecular complexity index is 812. The number of aliphatic hydroxyl groups is 1. The molecule has 156 valence electrons. The molecule has 1 heterocycles. The Morgan fingerprint density at radius 3 is 2.17 bits per heavy atom. The van der Waals surface area contributed by atoms with Crippen molar-refractivity contribution in [3.05, 3.63) is 60.2 Å². The number of rotatable bonds is 4. The molecule has 0 radical (unpaired) electrons. The molecule has 2 fully saturated rings. The smallest absolute Gasteiger partial charge is 0.406 e. The molecule has 4 rings (SSSR count). The minimum atomic E-state index is -4.67. The van der Waals surface area contributed by atoms with Crippen LogP contribution in [0.4, 0.5) is 18.9 Å². The Morgan fingerprint density at radius 1 is 0.897 bits per heavy atom. The molecule has 1 aliphatic heterocycles. The number of halogens is 3. The first kappa shape index (κ1) is 20.1. The molecule has 0 amide bonds. The van der Waals surface area contributed by atoms with E-state index in [0.717, 1.165) is 50.9 Å². The van der Waals surface area contributed by atoms with Crippen LogP contribution in [0.5, 0.6) is 5.75 Å². The van der Waals surface area contributed by atoms with Gasteiger partial charge in [0.15, 0.2) is 0 Å². The number of ether oxygens (including phenoxy) is 1. The van der Waals surface area contributed by atoms with E-state index in [9.17, 15) is 18.3 Å². The summed E-state index contributed by atoms with van der Waals surface area (Å²) in [6, 6.07) is 16.2. The molecule has 29 heavy (non-hydrogen) atoms. The minimum Gasteiger partial charge on any atom is -0.406 e. The van der Waals surface area contributed by atoms with Crippen molar-refractivity contribution in [2.45, 2.75) is 50.5 Å². The van der Waals surface area contributed by atoms with Crippen molar-refractivity contribution in [3.63, 3.8) is 0 Å². The lowest BCUT2D eigenvalue weighted by Gasteiger charge is -2.42. The average molecular weight is 405 g/mol. The molecule has 2 aromatic carbocycles. The third-order valence-electron chi connectivity index (χ3n) is 6.49. The summed E-state index contributed by atoms with van der Waals surface area (Å²) in [6.07, 6.45) is 0.591. The highest BCUT2D eigenvalue weighted by molar-refractivity contribution is 5.50. The predicted molar refractivity (Wildman–Crippen MR) is 106 cm³/mol. The summed E-state index contributed by atoms with van der Waals surface area (Å²) in [4.78, 5) is 2.24. The van der Waals surface area contributed by atoms with Crippen LogP contribution in [0.15, 0.2) is 54.6 Å². The molecule has 2 aliphatic rings. The van der Waals surface area contributed by atoms with Crippen molar-refractivity contribution >= 4 is 5.69 Å². The van der Waals surface area contributed by atoms with Gasteiger partial charge >= 0.3 is 6.36 Å². The van der Waals surface area contributed by atoms with Gasteiger partial charge in [0.2, 0.25) is 0 Å². The van der Waals surface area contributed by atoms with Crippen molar-refractivity contribution in [1.29, 1.82) is 0 Å². The van der Waals surface area contributed by atoms with Gasteiger partial charge in [-0.25, -0.2) is 0 Å². The summed E-state index contributed by atoms with van der Waals surface area (Å²) in [5, 5.41) is 11.1. The Balaban J connectivity index is 1.35. The van der Waals surface area contributed by atoms with E-state index in [0.29, 0.717) is 6.42 Å². The van der Waals surface area contributed by atoms with E-state index in [4.69, 9.17) is 0 Å². The first-order valence-corrected chi connectivity index (χ1v) is 10.1. The van der Waals surface area contributed by atoms with E-state index in [2.05, 4.69) is 21.8 Å². The van der Waals surface area contributed by atoms with Crippen LogP contribution >= 0.6 is 0 Å². The van der Waals surface area contributed by atoms with Crippen molar-refractivity contribution in [3.8, 4) is 5.75 Å². The van der Waals surface area contributed by atoms with Gasteiger partial charge in [-0.3, -0.25) is 0 Å². The van der Waals surface area contributed by atoms with E-state index in [-0.39, 0.29) is 11.2 Å². The third-order valence-corrected chi connectivity index (χ3v) is 6.49. The molecule has 0 unspecified atom stereocenters. The second kappa shape index (κ2) is 7.56. The molecule has 1 spiro atoms. The second-order valence-corrected chi connectivity index (χ2v) is 8.60. The summed E-state index contributed by atoms with van der Waals surface area (Å²) in [5.41, 5.74) is 1.63.